The van der Waals surface area contributed by atoms with Crippen LogP contribution in [0.2, 0.25) is 0 Å². The van der Waals surface area contributed by atoms with Crippen LogP contribution in [-0.4, -0.2) is 17.9 Å². The van der Waals surface area contributed by atoms with E-state index in [0.717, 1.165) is 44.4 Å². The number of benzene rings is 9. The lowest BCUT2D eigenvalue weighted by Crippen LogP contribution is -1.95. The van der Waals surface area contributed by atoms with Gasteiger partial charge in [-0.3, -0.25) is 0 Å². The first kappa shape index (κ1) is 30.4. The second kappa shape index (κ2) is 11.7. The van der Waals surface area contributed by atoms with Gasteiger partial charge in [0.05, 0.1) is 33.8 Å². The van der Waals surface area contributed by atoms with Crippen LogP contribution in [0.15, 0.2) is 182 Å². The van der Waals surface area contributed by atoms with Gasteiger partial charge < -0.3 is 9.13 Å². The van der Waals surface area contributed by atoms with Gasteiger partial charge in [-0.05, 0) is 63.9 Å². The molecule has 3 aromatic heterocycles. The van der Waals surface area contributed by atoms with E-state index in [1.165, 1.54) is 77.1 Å². The normalized spacial score (nSPS) is 12.0. The average Bonchev–Trinajstić information content (AvgIpc) is 3.97. The summed E-state index contributed by atoms with van der Waals surface area (Å²) < 4.78 is 14.7. The van der Waals surface area contributed by atoms with Crippen molar-refractivity contribution < 1.29 is 0 Å². The predicted molar refractivity (Wildman–Crippen MR) is 232 cm³/mol. The van der Waals surface area contributed by atoms with E-state index in [-0.39, 0.29) is 0 Å². The number of fused-ring (bicyclic) bond motifs is 12. The summed E-state index contributed by atoms with van der Waals surface area (Å²) in [5.41, 5.74) is 13.5. The van der Waals surface area contributed by atoms with Crippen LogP contribution < -0.4 is 0 Å². The van der Waals surface area contributed by atoms with Crippen molar-refractivity contribution in [3.63, 3.8) is 0 Å². The van der Waals surface area contributed by atoms with Gasteiger partial charge >= 0.3 is 0 Å². The Morgan fingerprint density at radius 3 is 1.62 bits per heavy atom. The lowest BCUT2D eigenvalue weighted by Gasteiger charge is -2.12. The minimum Gasteiger partial charge on any atom is -0.309 e. The Kier molecular flexibility index (Phi) is 6.47. The Bertz CT molecular complexity index is 3460. The Labute approximate surface area is 320 Å². The van der Waals surface area contributed by atoms with Gasteiger partial charge in [0, 0.05) is 49.3 Å². The maximum absolute atomic E-state index is 4.93. The molecular weight excluding hydrogens is 689 g/mol. The summed E-state index contributed by atoms with van der Waals surface area (Å²) in [5.74, 6) is 0. The van der Waals surface area contributed by atoms with E-state index in [9.17, 15) is 0 Å². The molecule has 0 spiro atoms. The average molecular weight is 719 g/mol. The molecule has 9 aromatic carbocycles. The molecule has 0 saturated heterocycles. The first-order valence-electron chi connectivity index (χ1n) is 18.6. The highest BCUT2D eigenvalue weighted by Gasteiger charge is 2.22. The van der Waals surface area contributed by atoms with E-state index in [4.69, 9.17) is 8.75 Å². The summed E-state index contributed by atoms with van der Waals surface area (Å²) in [6.07, 6.45) is 0. The van der Waals surface area contributed by atoms with Gasteiger partial charge in [0.25, 0.3) is 0 Å². The highest BCUT2D eigenvalue weighted by Crippen LogP contribution is 2.43. The van der Waals surface area contributed by atoms with Crippen molar-refractivity contribution >= 4 is 87.9 Å². The van der Waals surface area contributed by atoms with Gasteiger partial charge in [0.15, 0.2) is 0 Å². The number of rotatable bonds is 4. The Morgan fingerprint density at radius 1 is 0.364 bits per heavy atom. The van der Waals surface area contributed by atoms with Gasteiger partial charge in [-0.15, -0.1) is 0 Å². The number of hydrogen-bond acceptors (Lipinski definition) is 3. The number of aromatic nitrogens is 4. The summed E-state index contributed by atoms with van der Waals surface area (Å²) in [5, 5.41) is 9.82. The van der Waals surface area contributed by atoms with Crippen LogP contribution in [0.25, 0.3) is 110 Å². The van der Waals surface area contributed by atoms with E-state index < -0.39 is 0 Å². The topological polar surface area (TPSA) is 35.6 Å². The van der Waals surface area contributed by atoms with Gasteiger partial charge in [0.1, 0.15) is 11.0 Å². The molecule has 0 saturated carbocycles. The molecule has 0 aliphatic carbocycles. The summed E-state index contributed by atoms with van der Waals surface area (Å²) >= 11 is 1.28. The summed E-state index contributed by atoms with van der Waals surface area (Å²) in [6, 6.07) is 65.9. The molecule has 55 heavy (non-hydrogen) atoms. The molecule has 0 amide bonds. The van der Waals surface area contributed by atoms with E-state index in [2.05, 4.69) is 191 Å². The van der Waals surface area contributed by atoms with Crippen LogP contribution >= 0.6 is 11.7 Å². The van der Waals surface area contributed by atoms with Crippen molar-refractivity contribution in [2.75, 3.05) is 0 Å². The quantitative estimate of drug-likeness (QED) is 0.182. The van der Waals surface area contributed by atoms with E-state index in [1.54, 1.807) is 0 Å². The van der Waals surface area contributed by atoms with Crippen LogP contribution in [0.4, 0.5) is 0 Å². The molecule has 0 unspecified atom stereocenters. The molecule has 0 bridgehead atoms. The number of para-hydroxylation sites is 2. The third-order valence-corrected chi connectivity index (χ3v) is 11.9. The summed E-state index contributed by atoms with van der Waals surface area (Å²) in [4.78, 5) is 0. The zero-order chi connectivity index (χ0) is 36.0. The van der Waals surface area contributed by atoms with Crippen LogP contribution in [-0.2, 0) is 0 Å². The highest BCUT2D eigenvalue weighted by molar-refractivity contribution is 7.00. The molecular formula is C50H30N4S. The molecule has 0 aliphatic rings. The first-order chi connectivity index (χ1) is 27.3. The molecule has 3 heterocycles. The molecule has 4 nitrogen and oxygen atoms in total. The maximum atomic E-state index is 4.93. The molecule has 0 atom stereocenters. The zero-order valence-corrected chi connectivity index (χ0v) is 30.3. The first-order valence-corrected chi connectivity index (χ1v) is 19.3. The summed E-state index contributed by atoms with van der Waals surface area (Å²) in [6.45, 7) is 0. The lowest BCUT2D eigenvalue weighted by atomic mass is 9.97. The van der Waals surface area contributed by atoms with Crippen molar-refractivity contribution in [2.24, 2.45) is 0 Å². The van der Waals surface area contributed by atoms with Gasteiger partial charge in [-0.2, -0.15) is 8.75 Å². The number of nitrogens with zero attached hydrogens (tertiary/aromatic N) is 4. The molecule has 0 fully saturated rings. The fourth-order valence-electron chi connectivity index (χ4n) is 8.90. The van der Waals surface area contributed by atoms with Crippen LogP contribution in [0.5, 0.6) is 0 Å². The van der Waals surface area contributed by atoms with Crippen molar-refractivity contribution in [3.05, 3.63) is 182 Å². The Balaban J connectivity index is 0.990. The van der Waals surface area contributed by atoms with Crippen molar-refractivity contribution in [1.29, 1.82) is 0 Å². The van der Waals surface area contributed by atoms with Crippen molar-refractivity contribution in [1.82, 2.24) is 17.9 Å². The van der Waals surface area contributed by atoms with Crippen molar-refractivity contribution in [2.45, 2.75) is 0 Å². The van der Waals surface area contributed by atoms with E-state index in [0.29, 0.717) is 0 Å². The maximum Gasteiger partial charge on any atom is 0.115 e. The molecule has 0 N–H and O–H groups in total. The largest absolute Gasteiger partial charge is 0.309 e. The second-order valence-electron chi connectivity index (χ2n) is 14.3. The molecule has 12 aromatic rings. The Morgan fingerprint density at radius 2 is 0.891 bits per heavy atom. The number of hydrogen-bond donors (Lipinski definition) is 0. The molecule has 256 valence electrons. The highest BCUT2D eigenvalue weighted by atomic mass is 32.1. The minimum atomic E-state index is 0.938. The lowest BCUT2D eigenvalue weighted by molar-refractivity contribution is 1.19. The molecule has 12 rings (SSSR count). The van der Waals surface area contributed by atoms with Crippen molar-refractivity contribution in [3.8, 4) is 33.6 Å². The van der Waals surface area contributed by atoms with E-state index >= 15 is 0 Å². The molecule has 0 aliphatic heterocycles. The van der Waals surface area contributed by atoms with Crippen LogP contribution in [0.3, 0.4) is 0 Å². The Hall–Kier alpha value is -7.08. The predicted octanol–water partition coefficient (Wildman–Crippen LogP) is 13.5. The van der Waals surface area contributed by atoms with Gasteiger partial charge in [-0.1, -0.05) is 146 Å². The van der Waals surface area contributed by atoms with Gasteiger partial charge in [0.2, 0.25) is 0 Å². The molecule has 0 radical (unpaired) electrons. The minimum absolute atomic E-state index is 0.938. The monoisotopic (exact) mass is 718 g/mol. The van der Waals surface area contributed by atoms with E-state index in [1.807, 2.05) is 0 Å². The smallest absolute Gasteiger partial charge is 0.115 e. The standard InChI is InChI=1S/C50H30N4S/c1-2-12-36(13-3-1)54-45-30-43(47-48(52-55-51-47)46(45)42-29-25-34-11-5-7-15-39(34)50(42)54)35-20-18-31(19-21-35)32-22-26-37(27-23-32)53-44-17-9-8-16-40(44)41-28-24-33-10-4-6-14-38(33)49(41)53/h1-30H. The molecule has 5 heteroatoms. The fraction of sp³-hybridized carbons (Fsp3) is 0. The fourth-order valence-corrected chi connectivity index (χ4v) is 9.46. The third kappa shape index (κ3) is 4.45. The second-order valence-corrected chi connectivity index (χ2v) is 14.8. The summed E-state index contributed by atoms with van der Waals surface area (Å²) in [7, 11) is 0. The SMILES string of the molecule is c1ccc(-n2c3cc(-c4ccc(-c5ccc(-n6c7ccccc7c7ccc8ccccc8c76)cc5)cc4)c4nsnc4c3c3ccc4ccccc4c32)cc1. The van der Waals surface area contributed by atoms with Gasteiger partial charge in [-0.25, -0.2) is 0 Å². The zero-order valence-electron chi connectivity index (χ0n) is 29.5. The third-order valence-electron chi connectivity index (χ3n) is 11.4. The van der Waals surface area contributed by atoms with Crippen LogP contribution in [0.1, 0.15) is 0 Å². The van der Waals surface area contributed by atoms with Crippen LogP contribution in [0, 0.1) is 0 Å².